The van der Waals surface area contributed by atoms with Crippen molar-refractivity contribution >= 4 is 94.9 Å². The molecule has 2 heterocycles. The van der Waals surface area contributed by atoms with E-state index in [2.05, 4.69) is 68.5 Å². The predicted octanol–water partition coefficient (Wildman–Crippen LogP) is -2.65. The number of aliphatic hydroxyl groups is 4. The number of alkyl halides is 6. The minimum absolute atomic E-state index is 0.0252. The third kappa shape index (κ3) is 36.5. The number of aliphatic imine (C=N–C) groups is 1. The minimum atomic E-state index is -5.08. The van der Waals surface area contributed by atoms with Crippen LogP contribution in [0, 0.1) is 23.2 Å². The lowest BCUT2D eigenvalue weighted by Crippen LogP contribution is -2.65. The van der Waals surface area contributed by atoms with Gasteiger partial charge in [0.1, 0.15) is 67.0 Å². The largest absolute Gasteiger partial charge is 0.490 e. The summed E-state index contributed by atoms with van der Waals surface area (Å²) in [5.74, 6) is -22.7. The predicted molar refractivity (Wildman–Crippen MR) is 404 cm³/mol. The van der Waals surface area contributed by atoms with Crippen molar-refractivity contribution in [2.45, 2.75) is 211 Å². The number of guanidine groups is 1. The van der Waals surface area contributed by atoms with Gasteiger partial charge in [0.2, 0.25) is 70.9 Å². The summed E-state index contributed by atoms with van der Waals surface area (Å²) in [4.78, 5) is 213. The average molecular weight is 1690 g/mol. The fourth-order valence-corrected chi connectivity index (χ4v) is 10.7. The maximum Gasteiger partial charge on any atom is 0.490 e. The molecule has 2 aromatic carbocycles. The summed E-state index contributed by atoms with van der Waals surface area (Å²) < 4.78 is 68.9. The van der Waals surface area contributed by atoms with Gasteiger partial charge in [-0.2, -0.15) is 26.3 Å². The fourth-order valence-electron chi connectivity index (χ4n) is 10.7. The number of carboxylic acids is 2. The number of halogens is 6. The first-order valence-corrected chi connectivity index (χ1v) is 36.7. The number of pyridine rings is 1. The number of carboxylic acid groups (broad SMARTS) is 2. The molecule has 1 saturated heterocycles. The Morgan fingerprint density at radius 1 is 0.602 bits per heavy atom. The van der Waals surface area contributed by atoms with Crippen LogP contribution in [0.5, 0.6) is 0 Å². The number of carbonyl (C=O) groups is 15. The molecule has 1 aromatic heterocycles. The van der Waals surface area contributed by atoms with Crippen LogP contribution in [-0.2, 0) is 84.9 Å². The highest BCUT2D eigenvalue weighted by Gasteiger charge is 2.44. The number of nitrogens with two attached hydrogens (primary N) is 3. The summed E-state index contributed by atoms with van der Waals surface area (Å²) in [7, 11) is 0. The summed E-state index contributed by atoms with van der Waals surface area (Å²) >= 11 is 0. The Morgan fingerprint density at radius 2 is 1.11 bits per heavy atom. The quantitative estimate of drug-likeness (QED) is 0.0178. The van der Waals surface area contributed by atoms with E-state index in [0.29, 0.717) is 11.1 Å². The van der Waals surface area contributed by atoms with E-state index in [0.717, 1.165) is 6.92 Å². The Hall–Kier alpha value is -11.9. The topological polar surface area (TPSA) is 634 Å². The number of hydrogen-bond acceptors (Lipinski definition) is 22. The number of aromatic nitrogens is 1. The molecule has 1 aliphatic rings. The number of alkyl carbamates (subject to hydrolysis) is 1. The summed E-state index contributed by atoms with van der Waals surface area (Å²) in [6.07, 6.45) is -15.1. The second-order valence-corrected chi connectivity index (χ2v) is 29.0. The number of ether oxygens (including phenoxy) is 1. The molecule has 1 fully saturated rings. The van der Waals surface area contributed by atoms with Gasteiger partial charge in [0.15, 0.2) is 12.1 Å². The van der Waals surface area contributed by atoms with Gasteiger partial charge in [0, 0.05) is 25.4 Å². The Balaban J connectivity index is 0.00000307. The van der Waals surface area contributed by atoms with Gasteiger partial charge in [-0.25, -0.2) is 14.4 Å². The van der Waals surface area contributed by atoms with Crippen molar-refractivity contribution in [3.63, 3.8) is 0 Å². The normalized spacial score (nSPS) is 21.5. The number of nitrogens with zero attached hydrogens (tertiary/aromatic N) is 2. The molecule has 0 saturated carbocycles. The molecule has 0 bridgehead atoms. The van der Waals surface area contributed by atoms with Crippen LogP contribution in [0.4, 0.5) is 31.1 Å². The second-order valence-electron chi connectivity index (χ2n) is 29.0. The van der Waals surface area contributed by atoms with Crippen LogP contribution in [0.3, 0.4) is 0 Å². The molecule has 0 spiro atoms. The molecular formula is C73H105F6N17O22. The van der Waals surface area contributed by atoms with Crippen LogP contribution in [0.2, 0.25) is 0 Å². The van der Waals surface area contributed by atoms with Crippen LogP contribution in [0.25, 0.3) is 0 Å². The highest BCUT2D eigenvalue weighted by atomic mass is 19.4. The number of carbonyl (C=O) groups excluding carboxylic acids is 13. The standard InChI is InChI=1S/C69H103N17O18.2C2HF3O2/c1-11-37(6)48-63(99)83-49(38(7)88)62(98)75-32-47(89)81-53(55(91)56(70)92)66(102)79-46(33-87)61(97)84-50(41-23-16-13-17-24-41)51(64(100)86-52(54(90)36(4)5)65(101)78-43(28-35(2)3)58(94)76-42(57(93)82-48)25-19-27-74-67(71)72)85-59(95)44(29-40-22-18-26-73-31-40)77-60(96)45(30-69(8,9)10)80-68(103)104-34-39-20-14-12-15-21-39;2*3-2(4,5)1(6)7/h12-18,20-24,26,31,35-38,42-46,48-55,87-88,90-91H,11,19,25,27-30,32-34H2,1-10H3,(H2,70,92)(H,75,98)(H,76,94)(H,77,96)(H,78,101)(H,79,102)(H,80,103)(H,81,89)(H,82,93)(H,83,99)(H,84,97)(H,85,95)(H,86,100)(H4,71,72,74);2*(H,6,7)/t37-,38-,42+,43-,44-,45+,46-,48-,49-,50+,51-,52-,53-,54+,55-;;/m0../s1. The van der Waals surface area contributed by atoms with E-state index in [9.17, 15) is 94.7 Å². The van der Waals surface area contributed by atoms with Gasteiger partial charge in [-0.1, -0.05) is 135 Å². The lowest BCUT2D eigenvalue weighted by Gasteiger charge is -2.34. The number of rotatable bonds is 25. The third-order valence-corrected chi connectivity index (χ3v) is 17.1. The van der Waals surface area contributed by atoms with Gasteiger partial charge >= 0.3 is 30.4 Å². The van der Waals surface area contributed by atoms with E-state index in [1.54, 1.807) is 84.9 Å². The number of hydrogen-bond donors (Lipinski definition) is 21. The molecule has 13 amide bonds. The summed E-state index contributed by atoms with van der Waals surface area (Å²) in [5, 5.41) is 88.4. The molecule has 4 rings (SSSR count). The molecule has 24 N–H and O–H groups in total. The van der Waals surface area contributed by atoms with Crippen molar-refractivity contribution in [3.8, 4) is 0 Å². The van der Waals surface area contributed by atoms with E-state index >= 15 is 14.4 Å². The number of primary amides is 1. The van der Waals surface area contributed by atoms with Gasteiger partial charge < -0.3 is 116 Å². The van der Waals surface area contributed by atoms with E-state index in [1.165, 1.54) is 62.6 Å². The highest BCUT2D eigenvalue weighted by molar-refractivity contribution is 6.01. The molecule has 0 radical (unpaired) electrons. The van der Waals surface area contributed by atoms with E-state index < -0.39 is 222 Å². The number of amides is 13. The second kappa shape index (κ2) is 48.6. The van der Waals surface area contributed by atoms with Gasteiger partial charge in [0.05, 0.1) is 31.4 Å². The molecule has 118 heavy (non-hydrogen) atoms. The van der Waals surface area contributed by atoms with Gasteiger partial charge in [0.25, 0.3) is 0 Å². The van der Waals surface area contributed by atoms with Crippen LogP contribution in [0.15, 0.2) is 90.2 Å². The molecule has 39 nitrogen and oxygen atoms in total. The Labute approximate surface area is 673 Å². The SMILES string of the molecule is CC[C@H](C)[C@@H]1NC(=O)[C@@H](CCCN=C(N)N)NC(=O)[C@H](CC(C)C)NC(=O)[C@H]([C@H](O)C(C)C)NC(=O)[C@@H](NC(=O)[C@H](Cc2cccnc2)NC(=O)[C@@H](CC(C)(C)C)NC(=O)OCc2ccccc2)[C@@H](c2ccccc2)NC(=O)[C@H](CO)NC(=O)[C@H]([C@H](O)C(N)=O)NC(=O)CNC(=O)[C@H]([C@H](C)O)NC1=O.O=C(O)C(F)(F)F.O=C(O)C(F)(F)F. The Morgan fingerprint density at radius 3 is 1.61 bits per heavy atom. The first-order chi connectivity index (χ1) is 54.8. The number of aliphatic carboxylic acids is 2. The zero-order valence-corrected chi connectivity index (χ0v) is 66.1. The third-order valence-electron chi connectivity index (χ3n) is 17.1. The Bertz CT molecular complexity index is 3880. The van der Waals surface area contributed by atoms with E-state index in [4.69, 9.17) is 41.7 Å². The lowest BCUT2D eigenvalue weighted by molar-refractivity contribution is -0.193. The fraction of sp³-hybridized carbons (Fsp3) is 0.548. The number of benzene rings is 2. The molecule has 3 aromatic rings. The molecular weight excluding hydrogens is 1580 g/mol. The summed E-state index contributed by atoms with van der Waals surface area (Å²) in [6, 6.07) is -1.55. The van der Waals surface area contributed by atoms with Crippen LogP contribution < -0.4 is 81.0 Å². The maximum atomic E-state index is 15.8. The van der Waals surface area contributed by atoms with Crippen molar-refractivity contribution in [1.82, 2.24) is 68.8 Å². The Kier molecular flexibility index (Phi) is 42.1. The van der Waals surface area contributed by atoms with Gasteiger partial charge in [-0.3, -0.25) is 67.5 Å². The summed E-state index contributed by atoms with van der Waals surface area (Å²) in [6.45, 7) is 13.4. The summed E-state index contributed by atoms with van der Waals surface area (Å²) in [5.41, 5.74) is 16.8. The van der Waals surface area contributed by atoms with Crippen LogP contribution in [0.1, 0.15) is 124 Å². The lowest BCUT2D eigenvalue weighted by atomic mass is 9.87. The molecule has 1 aliphatic heterocycles. The molecule has 15 atom stereocenters. The minimum Gasteiger partial charge on any atom is -0.475 e. The van der Waals surface area contributed by atoms with Crippen LogP contribution in [-0.4, -0.2) is 241 Å². The monoisotopic (exact) mass is 1690 g/mol. The van der Waals surface area contributed by atoms with Crippen molar-refractivity contribution in [3.05, 3.63) is 102 Å². The molecule has 0 aliphatic carbocycles. The number of nitrogens with one attached hydrogen (secondary N) is 12. The van der Waals surface area contributed by atoms with Gasteiger partial charge in [-0.15, -0.1) is 0 Å². The first kappa shape index (κ1) is 102. The average Bonchev–Trinajstić information content (AvgIpc) is 0.807. The zero-order chi connectivity index (χ0) is 89.9. The highest BCUT2D eigenvalue weighted by Crippen LogP contribution is 2.24. The first-order valence-electron chi connectivity index (χ1n) is 36.7. The van der Waals surface area contributed by atoms with Crippen molar-refractivity contribution in [1.29, 1.82) is 0 Å². The maximum absolute atomic E-state index is 15.8. The molecule has 45 heteroatoms. The zero-order valence-electron chi connectivity index (χ0n) is 66.1. The van der Waals surface area contributed by atoms with E-state index in [1.807, 2.05) is 5.32 Å². The molecule has 0 unspecified atom stereocenters. The van der Waals surface area contributed by atoms with Gasteiger partial charge in [-0.05, 0) is 78.5 Å². The van der Waals surface area contributed by atoms with Crippen molar-refractivity contribution in [2.75, 3.05) is 19.7 Å². The smallest absolute Gasteiger partial charge is 0.475 e. The van der Waals surface area contributed by atoms with Crippen LogP contribution >= 0.6 is 0 Å². The van der Waals surface area contributed by atoms with E-state index in [-0.39, 0.29) is 63.2 Å². The number of aliphatic hydroxyl groups excluding tert-OH is 4. The van der Waals surface area contributed by atoms with Crippen molar-refractivity contribution < 1.29 is 134 Å². The molecule has 656 valence electrons. The van der Waals surface area contributed by atoms with Crippen molar-refractivity contribution in [2.24, 2.45) is 45.4 Å².